The molecule has 0 saturated heterocycles. The molecule has 0 unspecified atom stereocenters. The van der Waals surface area contributed by atoms with Crippen LogP contribution >= 0.6 is 0 Å². The summed E-state index contributed by atoms with van der Waals surface area (Å²) in [6.45, 7) is 6.58. The summed E-state index contributed by atoms with van der Waals surface area (Å²) in [5.41, 5.74) is 11.0. The van der Waals surface area contributed by atoms with E-state index in [0.29, 0.717) is 0 Å². The highest BCUT2D eigenvalue weighted by Crippen LogP contribution is 2.36. The minimum Gasteiger partial charge on any atom is -0.399 e. The Morgan fingerprint density at radius 1 is 1.05 bits per heavy atom. The van der Waals surface area contributed by atoms with Gasteiger partial charge in [-0.2, -0.15) is 0 Å². The molecule has 0 spiro atoms. The van der Waals surface area contributed by atoms with Gasteiger partial charge in [0.15, 0.2) is 0 Å². The van der Waals surface area contributed by atoms with Crippen LogP contribution in [-0.4, -0.2) is 6.54 Å². The minimum absolute atomic E-state index is 0.150. The maximum absolute atomic E-state index is 5.94. The largest absolute Gasteiger partial charge is 0.399 e. The smallest absolute Gasteiger partial charge is 0.0433 e. The van der Waals surface area contributed by atoms with Crippen molar-refractivity contribution in [1.29, 1.82) is 0 Å². The third-order valence-corrected chi connectivity index (χ3v) is 3.93. The van der Waals surface area contributed by atoms with Crippen molar-refractivity contribution >= 4 is 11.4 Å². The molecular formula is C17H20N2. The lowest BCUT2D eigenvalue weighted by molar-refractivity contribution is 0.477. The molecule has 1 heterocycles. The van der Waals surface area contributed by atoms with E-state index in [0.717, 1.165) is 18.8 Å². The average Bonchev–Trinajstić information content (AvgIpc) is 2.38. The maximum Gasteiger partial charge on any atom is 0.0433 e. The number of nitrogens with two attached hydrogens (primary N) is 1. The van der Waals surface area contributed by atoms with E-state index in [1.807, 2.05) is 6.07 Å². The molecule has 0 bridgehead atoms. The summed E-state index contributed by atoms with van der Waals surface area (Å²) < 4.78 is 0. The van der Waals surface area contributed by atoms with E-state index < -0.39 is 0 Å². The number of nitrogen functional groups attached to an aromatic ring is 1. The van der Waals surface area contributed by atoms with Gasteiger partial charge in [-0.3, -0.25) is 0 Å². The zero-order valence-corrected chi connectivity index (χ0v) is 11.6. The molecule has 19 heavy (non-hydrogen) atoms. The molecule has 2 nitrogen and oxygen atoms in total. The van der Waals surface area contributed by atoms with E-state index in [-0.39, 0.29) is 5.41 Å². The van der Waals surface area contributed by atoms with E-state index in [9.17, 15) is 0 Å². The van der Waals surface area contributed by atoms with E-state index >= 15 is 0 Å². The number of anilines is 2. The predicted molar refractivity (Wildman–Crippen MR) is 81.4 cm³/mol. The molecule has 1 aliphatic heterocycles. The van der Waals surface area contributed by atoms with Crippen molar-refractivity contribution in [3.05, 3.63) is 59.7 Å². The number of rotatable bonds is 1. The van der Waals surface area contributed by atoms with Gasteiger partial charge in [0.1, 0.15) is 0 Å². The lowest BCUT2D eigenvalue weighted by Crippen LogP contribution is -2.42. The monoisotopic (exact) mass is 252 g/mol. The highest BCUT2D eigenvalue weighted by atomic mass is 15.1. The highest BCUT2D eigenvalue weighted by Gasteiger charge is 2.31. The lowest BCUT2D eigenvalue weighted by atomic mass is 9.78. The summed E-state index contributed by atoms with van der Waals surface area (Å²) in [5, 5.41) is 0. The second-order valence-corrected chi connectivity index (χ2v) is 5.99. The molecule has 2 aromatic rings. The van der Waals surface area contributed by atoms with Crippen molar-refractivity contribution in [3.8, 4) is 0 Å². The van der Waals surface area contributed by atoms with Gasteiger partial charge in [0.25, 0.3) is 0 Å². The van der Waals surface area contributed by atoms with Crippen LogP contribution in [0.15, 0.2) is 48.5 Å². The SMILES string of the molecule is CC1(C)CN(c2ccccc2)Cc2cc(N)ccc21. The van der Waals surface area contributed by atoms with Gasteiger partial charge >= 0.3 is 0 Å². The molecule has 0 aliphatic carbocycles. The maximum atomic E-state index is 5.94. The number of fused-ring (bicyclic) bond motifs is 1. The fourth-order valence-electron chi connectivity index (χ4n) is 3.05. The summed E-state index contributed by atoms with van der Waals surface area (Å²) in [6.07, 6.45) is 0. The average molecular weight is 252 g/mol. The Kier molecular flexibility index (Phi) is 2.74. The van der Waals surface area contributed by atoms with Gasteiger partial charge in [-0.05, 0) is 35.4 Å². The Labute approximate surface area is 114 Å². The molecule has 1 aliphatic rings. The van der Waals surface area contributed by atoms with E-state index in [4.69, 9.17) is 5.73 Å². The molecule has 0 atom stereocenters. The summed E-state index contributed by atoms with van der Waals surface area (Å²) in [4.78, 5) is 2.43. The van der Waals surface area contributed by atoms with Gasteiger partial charge in [0.05, 0.1) is 0 Å². The number of benzene rings is 2. The standard InChI is InChI=1S/C17H20N2/c1-17(2)12-19(15-6-4-3-5-7-15)11-13-10-14(18)8-9-16(13)17/h3-10H,11-12,18H2,1-2H3. The van der Waals surface area contributed by atoms with Crippen molar-refractivity contribution in [2.45, 2.75) is 25.8 Å². The van der Waals surface area contributed by atoms with Crippen LogP contribution in [0, 0.1) is 0 Å². The zero-order chi connectivity index (χ0) is 13.5. The van der Waals surface area contributed by atoms with Crippen LogP contribution in [0.5, 0.6) is 0 Å². The van der Waals surface area contributed by atoms with Crippen molar-refractivity contribution in [2.75, 3.05) is 17.2 Å². The first-order chi connectivity index (χ1) is 9.06. The van der Waals surface area contributed by atoms with Crippen molar-refractivity contribution in [1.82, 2.24) is 0 Å². The third-order valence-electron chi connectivity index (χ3n) is 3.93. The van der Waals surface area contributed by atoms with Gasteiger partial charge in [0, 0.05) is 29.9 Å². The van der Waals surface area contributed by atoms with Crippen molar-refractivity contribution < 1.29 is 0 Å². The normalized spacial score (nSPS) is 17.1. The number of para-hydroxylation sites is 1. The second-order valence-electron chi connectivity index (χ2n) is 5.99. The fourth-order valence-corrected chi connectivity index (χ4v) is 3.05. The summed E-state index contributed by atoms with van der Waals surface area (Å²) in [5.74, 6) is 0. The van der Waals surface area contributed by atoms with E-state index in [1.54, 1.807) is 0 Å². The fraction of sp³-hybridized carbons (Fsp3) is 0.294. The van der Waals surface area contributed by atoms with Gasteiger partial charge in [-0.15, -0.1) is 0 Å². The summed E-state index contributed by atoms with van der Waals surface area (Å²) in [7, 11) is 0. The van der Waals surface area contributed by atoms with Crippen molar-refractivity contribution in [3.63, 3.8) is 0 Å². The molecular weight excluding hydrogens is 232 g/mol. The van der Waals surface area contributed by atoms with Crippen LogP contribution in [0.4, 0.5) is 11.4 Å². The van der Waals surface area contributed by atoms with Gasteiger partial charge in [-0.1, -0.05) is 38.1 Å². The van der Waals surface area contributed by atoms with E-state index in [2.05, 4.69) is 61.2 Å². The first-order valence-corrected chi connectivity index (χ1v) is 6.75. The minimum atomic E-state index is 0.150. The van der Waals surface area contributed by atoms with Crippen LogP contribution in [0.25, 0.3) is 0 Å². The molecule has 2 heteroatoms. The second kappa shape index (κ2) is 4.30. The van der Waals surface area contributed by atoms with Crippen LogP contribution in [-0.2, 0) is 12.0 Å². The Balaban J connectivity index is 2.03. The van der Waals surface area contributed by atoms with Gasteiger partial charge in [0.2, 0.25) is 0 Å². The number of hydrogen-bond acceptors (Lipinski definition) is 2. The Morgan fingerprint density at radius 3 is 2.53 bits per heavy atom. The first-order valence-electron chi connectivity index (χ1n) is 6.75. The lowest BCUT2D eigenvalue weighted by Gasteiger charge is -2.41. The topological polar surface area (TPSA) is 29.3 Å². The molecule has 2 N–H and O–H groups in total. The highest BCUT2D eigenvalue weighted by molar-refractivity contribution is 5.55. The van der Waals surface area contributed by atoms with Crippen LogP contribution < -0.4 is 10.6 Å². The Morgan fingerprint density at radius 2 is 1.79 bits per heavy atom. The molecule has 98 valence electrons. The molecule has 3 rings (SSSR count). The number of nitrogens with zero attached hydrogens (tertiary/aromatic N) is 1. The van der Waals surface area contributed by atoms with Crippen LogP contribution in [0.3, 0.4) is 0 Å². The molecule has 0 saturated carbocycles. The third kappa shape index (κ3) is 2.19. The predicted octanol–water partition coefficient (Wildman–Crippen LogP) is 3.57. The van der Waals surface area contributed by atoms with Crippen LogP contribution in [0.2, 0.25) is 0 Å². The summed E-state index contributed by atoms with van der Waals surface area (Å²) >= 11 is 0. The molecule has 0 fully saturated rings. The Bertz CT molecular complexity index is 587. The van der Waals surface area contributed by atoms with Crippen LogP contribution in [0.1, 0.15) is 25.0 Å². The van der Waals surface area contributed by atoms with Crippen molar-refractivity contribution in [2.24, 2.45) is 0 Å². The molecule has 0 amide bonds. The number of hydrogen-bond donors (Lipinski definition) is 1. The van der Waals surface area contributed by atoms with Gasteiger partial charge < -0.3 is 10.6 Å². The zero-order valence-electron chi connectivity index (χ0n) is 11.6. The molecule has 0 aromatic heterocycles. The molecule has 2 aromatic carbocycles. The first kappa shape index (κ1) is 12.1. The van der Waals surface area contributed by atoms with Gasteiger partial charge in [-0.25, -0.2) is 0 Å². The summed E-state index contributed by atoms with van der Waals surface area (Å²) in [6, 6.07) is 16.9. The molecule has 0 radical (unpaired) electrons. The quantitative estimate of drug-likeness (QED) is 0.786. The Hall–Kier alpha value is -1.96. The van der Waals surface area contributed by atoms with E-state index in [1.165, 1.54) is 16.8 Å².